The van der Waals surface area contributed by atoms with Crippen LogP contribution in [0.15, 0.2) is 41.3 Å². The highest BCUT2D eigenvalue weighted by molar-refractivity contribution is 7.89. The molecule has 180 valence electrons. The van der Waals surface area contributed by atoms with Crippen LogP contribution in [-0.4, -0.2) is 48.9 Å². The summed E-state index contributed by atoms with van der Waals surface area (Å²) in [6.07, 6.45) is 0.753. The van der Waals surface area contributed by atoms with Crippen molar-refractivity contribution in [3.63, 3.8) is 0 Å². The minimum atomic E-state index is -3.55. The van der Waals surface area contributed by atoms with Crippen LogP contribution in [0.3, 0.4) is 0 Å². The number of nitrogens with zero attached hydrogens (tertiary/aromatic N) is 4. The third-order valence-corrected chi connectivity index (χ3v) is 8.71. The molecule has 0 radical (unpaired) electrons. The third-order valence-electron chi connectivity index (χ3n) is 6.51. The number of sulfonamides is 1. The molecule has 0 saturated carbocycles. The van der Waals surface area contributed by atoms with Crippen molar-refractivity contribution in [2.75, 3.05) is 31.1 Å². The Hall–Kier alpha value is -2.77. The highest BCUT2D eigenvalue weighted by atomic mass is 32.2. The number of hydrogen-bond donors (Lipinski definition) is 0. The molecule has 0 atom stereocenters. The van der Waals surface area contributed by atoms with Crippen LogP contribution in [0.25, 0.3) is 0 Å². The molecule has 1 saturated heterocycles. The zero-order valence-electron chi connectivity index (χ0n) is 21.0. The Morgan fingerprint density at radius 2 is 1.47 bits per heavy atom. The molecule has 2 heterocycles. The molecule has 0 amide bonds. The molecule has 1 fully saturated rings. The first kappa shape index (κ1) is 24.4. The van der Waals surface area contributed by atoms with Gasteiger partial charge in [0, 0.05) is 43.9 Å². The van der Waals surface area contributed by atoms with Gasteiger partial charge < -0.3 is 4.90 Å². The fraction of sp³-hybridized carbons (Fsp3) is 0.407. The van der Waals surface area contributed by atoms with Crippen LogP contribution in [0.4, 0.5) is 5.82 Å². The summed E-state index contributed by atoms with van der Waals surface area (Å²) in [4.78, 5) is 12.1. The summed E-state index contributed by atoms with van der Waals surface area (Å²) in [6, 6.07) is 12.4. The second-order valence-corrected chi connectivity index (χ2v) is 11.3. The number of piperazine rings is 1. The van der Waals surface area contributed by atoms with Crippen molar-refractivity contribution in [1.29, 1.82) is 0 Å². The van der Waals surface area contributed by atoms with Crippen molar-refractivity contribution in [2.24, 2.45) is 0 Å². The fourth-order valence-electron chi connectivity index (χ4n) is 5.06. The van der Waals surface area contributed by atoms with E-state index in [1.165, 1.54) is 11.1 Å². The van der Waals surface area contributed by atoms with E-state index in [0.717, 1.165) is 46.0 Å². The number of rotatable bonds is 5. The van der Waals surface area contributed by atoms with Gasteiger partial charge in [-0.3, -0.25) is 0 Å². The lowest BCUT2D eigenvalue weighted by Crippen LogP contribution is -2.49. The molecule has 0 spiro atoms. The first-order valence-electron chi connectivity index (χ1n) is 11.8. The molecular formula is C27H34N4O2S. The van der Waals surface area contributed by atoms with Crippen molar-refractivity contribution >= 4 is 15.8 Å². The van der Waals surface area contributed by atoms with Gasteiger partial charge in [0.1, 0.15) is 11.6 Å². The second kappa shape index (κ2) is 9.47. The minimum absolute atomic E-state index is 0.432. The summed E-state index contributed by atoms with van der Waals surface area (Å²) in [7, 11) is -3.55. The number of benzene rings is 2. The Kier molecular flexibility index (Phi) is 6.78. The average molecular weight is 479 g/mol. The first-order valence-corrected chi connectivity index (χ1v) is 13.2. The molecule has 34 heavy (non-hydrogen) atoms. The predicted molar refractivity (Wildman–Crippen MR) is 137 cm³/mol. The molecule has 1 aliphatic rings. The van der Waals surface area contributed by atoms with Gasteiger partial charge in [-0.25, -0.2) is 18.4 Å². The lowest BCUT2D eigenvalue weighted by atomic mass is 10.0. The van der Waals surface area contributed by atoms with E-state index in [1.807, 2.05) is 46.8 Å². The first-order chi connectivity index (χ1) is 16.1. The highest BCUT2D eigenvalue weighted by Crippen LogP contribution is 2.29. The highest BCUT2D eigenvalue weighted by Gasteiger charge is 2.32. The summed E-state index contributed by atoms with van der Waals surface area (Å²) in [5.74, 6) is 1.66. The maximum atomic E-state index is 13.5. The molecule has 0 bridgehead atoms. The van der Waals surface area contributed by atoms with E-state index < -0.39 is 10.0 Å². The molecule has 2 aromatic carbocycles. The van der Waals surface area contributed by atoms with Crippen molar-refractivity contribution in [1.82, 2.24) is 14.3 Å². The molecule has 6 nitrogen and oxygen atoms in total. The fourth-order valence-corrected chi connectivity index (χ4v) is 6.89. The maximum Gasteiger partial charge on any atom is 0.243 e. The van der Waals surface area contributed by atoms with Gasteiger partial charge in [0.25, 0.3) is 0 Å². The van der Waals surface area contributed by atoms with Gasteiger partial charge in [0.2, 0.25) is 10.0 Å². The monoisotopic (exact) mass is 478 g/mol. The van der Waals surface area contributed by atoms with Crippen molar-refractivity contribution in [3.8, 4) is 0 Å². The van der Waals surface area contributed by atoms with Crippen molar-refractivity contribution < 1.29 is 8.42 Å². The average Bonchev–Trinajstić information content (AvgIpc) is 2.74. The normalized spacial score (nSPS) is 15.1. The lowest BCUT2D eigenvalue weighted by molar-refractivity contribution is 0.383. The number of aryl methyl sites for hydroxylation is 6. The molecule has 1 aromatic heterocycles. The van der Waals surface area contributed by atoms with Gasteiger partial charge in [-0.15, -0.1) is 0 Å². The largest absolute Gasteiger partial charge is 0.354 e. The number of aromatic nitrogens is 2. The Bertz CT molecular complexity index is 1300. The van der Waals surface area contributed by atoms with E-state index in [4.69, 9.17) is 4.98 Å². The second-order valence-electron chi connectivity index (χ2n) is 9.44. The van der Waals surface area contributed by atoms with Gasteiger partial charge in [-0.1, -0.05) is 47.5 Å². The van der Waals surface area contributed by atoms with E-state index in [9.17, 15) is 8.42 Å². The van der Waals surface area contributed by atoms with Crippen LogP contribution in [0.2, 0.25) is 0 Å². The van der Waals surface area contributed by atoms with E-state index in [1.54, 1.807) is 4.31 Å². The number of hydrogen-bond acceptors (Lipinski definition) is 5. The molecular weight excluding hydrogens is 444 g/mol. The maximum absolute atomic E-state index is 13.5. The van der Waals surface area contributed by atoms with Crippen LogP contribution < -0.4 is 4.90 Å². The van der Waals surface area contributed by atoms with Crippen molar-refractivity contribution in [3.05, 3.63) is 81.3 Å². The summed E-state index contributed by atoms with van der Waals surface area (Å²) in [5.41, 5.74) is 7.23. The van der Waals surface area contributed by atoms with E-state index in [0.29, 0.717) is 31.1 Å². The lowest BCUT2D eigenvalue weighted by Gasteiger charge is -2.36. The molecule has 3 aromatic rings. The predicted octanol–water partition coefficient (Wildman–Crippen LogP) is 4.43. The Morgan fingerprint density at radius 3 is 2.09 bits per heavy atom. The number of anilines is 1. The van der Waals surface area contributed by atoms with Crippen LogP contribution in [0.1, 0.15) is 44.9 Å². The molecule has 1 aliphatic heterocycles. The zero-order chi connectivity index (χ0) is 24.6. The minimum Gasteiger partial charge on any atom is -0.354 e. The van der Waals surface area contributed by atoms with Crippen LogP contribution in [0.5, 0.6) is 0 Å². The van der Waals surface area contributed by atoms with Crippen molar-refractivity contribution in [2.45, 2.75) is 52.9 Å². The SMILES string of the molecule is Cc1cccc(Cc2c(C)nc(C)nc2N2CCN(S(=O)(=O)c3c(C)cc(C)cc3C)CC2)c1. The van der Waals surface area contributed by atoms with Gasteiger partial charge in [-0.05, 0) is 58.2 Å². The van der Waals surface area contributed by atoms with Gasteiger partial charge in [0.05, 0.1) is 4.90 Å². The summed E-state index contributed by atoms with van der Waals surface area (Å²) in [6.45, 7) is 13.9. The van der Waals surface area contributed by atoms with Gasteiger partial charge in [-0.2, -0.15) is 4.31 Å². The Labute approximate surface area is 203 Å². The summed E-state index contributed by atoms with van der Waals surface area (Å²) in [5, 5.41) is 0. The quantitative estimate of drug-likeness (QED) is 0.543. The molecule has 4 rings (SSSR count). The van der Waals surface area contributed by atoms with Crippen LogP contribution >= 0.6 is 0 Å². The molecule has 7 heteroatoms. The van der Waals surface area contributed by atoms with E-state index >= 15 is 0 Å². The Morgan fingerprint density at radius 1 is 0.824 bits per heavy atom. The van der Waals surface area contributed by atoms with Gasteiger partial charge >= 0.3 is 0 Å². The summed E-state index contributed by atoms with van der Waals surface area (Å²) >= 11 is 0. The van der Waals surface area contributed by atoms with Crippen LogP contribution in [0, 0.1) is 41.5 Å². The van der Waals surface area contributed by atoms with Crippen LogP contribution in [-0.2, 0) is 16.4 Å². The zero-order valence-corrected chi connectivity index (χ0v) is 21.8. The molecule has 0 aliphatic carbocycles. The topological polar surface area (TPSA) is 66.4 Å². The molecule has 0 unspecified atom stereocenters. The van der Waals surface area contributed by atoms with Gasteiger partial charge in [0.15, 0.2) is 0 Å². The standard InChI is InChI=1S/C27H34N4O2S/c1-18-8-7-9-24(16-18)17-25-22(5)28-23(6)29-27(25)30-10-12-31(13-11-30)34(32,33)26-20(3)14-19(2)15-21(26)4/h7-9,14-16H,10-13,17H2,1-6H3. The molecule has 0 N–H and O–H groups in total. The van der Waals surface area contributed by atoms with E-state index in [2.05, 4.69) is 41.1 Å². The smallest absolute Gasteiger partial charge is 0.243 e. The third kappa shape index (κ3) is 4.86. The van der Waals surface area contributed by atoms with E-state index in [-0.39, 0.29) is 0 Å². The Balaban J connectivity index is 1.59. The summed E-state index contributed by atoms with van der Waals surface area (Å²) < 4.78 is 28.6.